The van der Waals surface area contributed by atoms with Crippen LogP contribution in [0.5, 0.6) is 5.75 Å². The Morgan fingerprint density at radius 2 is 1.83 bits per heavy atom. The second-order valence-corrected chi connectivity index (χ2v) is 5.66. The summed E-state index contributed by atoms with van der Waals surface area (Å²) < 4.78 is 5.32. The maximum Gasteiger partial charge on any atom is 0.157 e. The number of halogens is 2. The van der Waals surface area contributed by atoms with Gasteiger partial charge in [-0.3, -0.25) is 0 Å². The molecule has 0 saturated carbocycles. The summed E-state index contributed by atoms with van der Waals surface area (Å²) in [7, 11) is 0. The van der Waals surface area contributed by atoms with E-state index < -0.39 is 0 Å². The van der Waals surface area contributed by atoms with Crippen molar-refractivity contribution in [3.8, 4) is 24.2 Å². The molecule has 0 bridgehead atoms. The number of benzene rings is 2. The van der Waals surface area contributed by atoms with E-state index >= 15 is 0 Å². The standard InChI is InChI=1S/C19H13Cl2NO/c1-3-8-23-19-17(20)10-14(11-18(19)21)9-16(12-22)15-6-4-13(2)5-7-15/h1,4-7,9-11H,8H2,2H3/b16-9+. The molecule has 0 saturated heterocycles. The summed E-state index contributed by atoms with van der Waals surface area (Å²) in [5.41, 5.74) is 3.20. The van der Waals surface area contributed by atoms with Gasteiger partial charge in [0, 0.05) is 0 Å². The summed E-state index contributed by atoms with van der Waals surface area (Å²) in [4.78, 5) is 0. The highest BCUT2D eigenvalue weighted by molar-refractivity contribution is 6.37. The number of allylic oxidation sites excluding steroid dienone is 1. The van der Waals surface area contributed by atoms with Crippen molar-refractivity contribution in [2.45, 2.75) is 6.92 Å². The van der Waals surface area contributed by atoms with Crippen LogP contribution in [-0.2, 0) is 0 Å². The Morgan fingerprint density at radius 3 is 2.35 bits per heavy atom. The van der Waals surface area contributed by atoms with Crippen molar-refractivity contribution >= 4 is 34.9 Å². The lowest BCUT2D eigenvalue weighted by molar-refractivity contribution is 0.371. The van der Waals surface area contributed by atoms with Gasteiger partial charge in [0.2, 0.25) is 0 Å². The average molecular weight is 342 g/mol. The van der Waals surface area contributed by atoms with Crippen molar-refractivity contribution in [2.24, 2.45) is 0 Å². The average Bonchev–Trinajstić information content (AvgIpc) is 2.53. The zero-order chi connectivity index (χ0) is 16.8. The second kappa shape index (κ2) is 7.75. The predicted molar refractivity (Wildman–Crippen MR) is 95.5 cm³/mol. The Hall–Kier alpha value is -2.39. The maximum atomic E-state index is 9.39. The number of hydrogen-bond acceptors (Lipinski definition) is 2. The monoisotopic (exact) mass is 341 g/mol. The second-order valence-electron chi connectivity index (χ2n) is 4.84. The molecule has 0 aliphatic rings. The van der Waals surface area contributed by atoms with E-state index in [0.717, 1.165) is 11.1 Å². The van der Waals surface area contributed by atoms with Crippen molar-refractivity contribution in [3.63, 3.8) is 0 Å². The van der Waals surface area contributed by atoms with Gasteiger partial charge in [-0.15, -0.1) is 6.42 Å². The van der Waals surface area contributed by atoms with Gasteiger partial charge < -0.3 is 4.74 Å². The van der Waals surface area contributed by atoms with Crippen LogP contribution in [0.3, 0.4) is 0 Å². The minimum Gasteiger partial charge on any atom is -0.478 e. The Morgan fingerprint density at radius 1 is 1.22 bits per heavy atom. The number of ether oxygens (including phenoxy) is 1. The van der Waals surface area contributed by atoms with Crippen molar-refractivity contribution in [1.82, 2.24) is 0 Å². The van der Waals surface area contributed by atoms with Crippen molar-refractivity contribution < 1.29 is 4.74 Å². The molecule has 2 aromatic rings. The van der Waals surface area contributed by atoms with Crippen LogP contribution in [0.15, 0.2) is 36.4 Å². The molecule has 0 amide bonds. The molecule has 2 aromatic carbocycles. The van der Waals surface area contributed by atoms with Gasteiger partial charge >= 0.3 is 0 Å². The number of nitrogens with zero attached hydrogens (tertiary/aromatic N) is 1. The molecular formula is C19H13Cl2NO. The van der Waals surface area contributed by atoms with E-state index in [1.165, 1.54) is 0 Å². The number of hydrogen-bond donors (Lipinski definition) is 0. The minimum absolute atomic E-state index is 0.0848. The molecule has 0 atom stereocenters. The van der Waals surface area contributed by atoms with Crippen LogP contribution in [0, 0.1) is 30.6 Å². The number of aryl methyl sites for hydroxylation is 1. The van der Waals surface area contributed by atoms with E-state index in [-0.39, 0.29) is 6.61 Å². The van der Waals surface area contributed by atoms with E-state index in [9.17, 15) is 5.26 Å². The van der Waals surface area contributed by atoms with Crippen LogP contribution in [0.1, 0.15) is 16.7 Å². The molecular weight excluding hydrogens is 329 g/mol. The third kappa shape index (κ3) is 4.30. The topological polar surface area (TPSA) is 33.0 Å². The van der Waals surface area contributed by atoms with Gasteiger partial charge in [-0.2, -0.15) is 5.26 Å². The zero-order valence-electron chi connectivity index (χ0n) is 12.4. The van der Waals surface area contributed by atoms with Crippen LogP contribution < -0.4 is 4.74 Å². The molecule has 0 spiro atoms. The van der Waals surface area contributed by atoms with Gasteiger partial charge in [-0.05, 0) is 36.3 Å². The van der Waals surface area contributed by atoms with Crippen molar-refractivity contribution in [3.05, 3.63) is 63.1 Å². The van der Waals surface area contributed by atoms with Gasteiger partial charge in [0.15, 0.2) is 5.75 Å². The highest BCUT2D eigenvalue weighted by Crippen LogP contribution is 2.35. The molecule has 0 radical (unpaired) electrons. The summed E-state index contributed by atoms with van der Waals surface area (Å²) in [6, 6.07) is 13.3. The molecule has 4 heteroatoms. The highest BCUT2D eigenvalue weighted by Gasteiger charge is 2.10. The maximum absolute atomic E-state index is 9.39. The SMILES string of the molecule is C#CCOc1c(Cl)cc(/C=C(\C#N)c2ccc(C)cc2)cc1Cl. The van der Waals surface area contributed by atoms with Crippen LogP contribution >= 0.6 is 23.2 Å². The number of terminal acetylenes is 1. The third-order valence-corrected chi connectivity index (χ3v) is 3.68. The predicted octanol–water partition coefficient (Wildman–Crippen LogP) is 5.38. The zero-order valence-corrected chi connectivity index (χ0v) is 13.9. The molecule has 0 aliphatic heterocycles. The minimum atomic E-state index is 0.0848. The van der Waals surface area contributed by atoms with Crippen LogP contribution in [-0.4, -0.2) is 6.61 Å². The van der Waals surface area contributed by atoms with E-state index in [2.05, 4.69) is 12.0 Å². The van der Waals surface area contributed by atoms with E-state index in [1.807, 2.05) is 31.2 Å². The number of rotatable bonds is 4. The molecule has 2 nitrogen and oxygen atoms in total. The molecule has 0 aliphatic carbocycles. The Bertz CT molecular complexity index is 801. The smallest absolute Gasteiger partial charge is 0.157 e. The van der Waals surface area contributed by atoms with Crippen molar-refractivity contribution in [2.75, 3.05) is 6.61 Å². The summed E-state index contributed by atoms with van der Waals surface area (Å²) in [5, 5.41) is 10.1. The first-order valence-corrected chi connectivity index (χ1v) is 7.55. The fourth-order valence-corrected chi connectivity index (χ4v) is 2.61. The molecule has 0 unspecified atom stereocenters. The lowest BCUT2D eigenvalue weighted by Crippen LogP contribution is -1.95. The van der Waals surface area contributed by atoms with Crippen molar-refractivity contribution in [1.29, 1.82) is 5.26 Å². The molecule has 0 fully saturated rings. The van der Waals surface area contributed by atoms with Crippen LogP contribution in [0.2, 0.25) is 10.0 Å². The first-order chi connectivity index (χ1) is 11.0. The molecule has 0 heterocycles. The highest BCUT2D eigenvalue weighted by atomic mass is 35.5. The van der Waals surface area contributed by atoms with Gasteiger partial charge in [0.25, 0.3) is 0 Å². The first-order valence-electron chi connectivity index (χ1n) is 6.79. The lowest BCUT2D eigenvalue weighted by atomic mass is 10.0. The van der Waals surface area contributed by atoms with Crippen LogP contribution in [0.25, 0.3) is 11.6 Å². The summed E-state index contributed by atoms with van der Waals surface area (Å²) in [6.07, 6.45) is 6.89. The Kier molecular flexibility index (Phi) is 5.72. The molecule has 114 valence electrons. The summed E-state index contributed by atoms with van der Waals surface area (Å²) >= 11 is 12.3. The van der Waals surface area contributed by atoms with E-state index in [0.29, 0.717) is 26.9 Å². The summed E-state index contributed by atoms with van der Waals surface area (Å²) in [6.45, 7) is 2.08. The third-order valence-electron chi connectivity index (χ3n) is 3.11. The fourth-order valence-electron chi connectivity index (χ4n) is 1.99. The van der Waals surface area contributed by atoms with Gasteiger partial charge in [0.05, 0.1) is 21.7 Å². The molecule has 23 heavy (non-hydrogen) atoms. The van der Waals surface area contributed by atoms with Gasteiger partial charge in [0.1, 0.15) is 6.61 Å². The van der Waals surface area contributed by atoms with Gasteiger partial charge in [-0.1, -0.05) is 59.0 Å². The molecule has 0 N–H and O–H groups in total. The fraction of sp³-hybridized carbons (Fsp3) is 0.105. The molecule has 2 rings (SSSR count). The van der Waals surface area contributed by atoms with Crippen LogP contribution in [0.4, 0.5) is 0 Å². The normalized spacial score (nSPS) is 10.7. The first kappa shape index (κ1) is 17.0. The van der Waals surface area contributed by atoms with E-state index in [1.54, 1.807) is 18.2 Å². The van der Waals surface area contributed by atoms with E-state index in [4.69, 9.17) is 34.4 Å². The van der Waals surface area contributed by atoms with Gasteiger partial charge in [-0.25, -0.2) is 0 Å². The molecule has 0 aromatic heterocycles. The quantitative estimate of drug-likeness (QED) is 0.425. The summed E-state index contributed by atoms with van der Waals surface area (Å²) in [5.74, 6) is 2.70. The number of nitriles is 1. The Labute approximate surface area is 145 Å². The lowest BCUT2D eigenvalue weighted by Gasteiger charge is -2.09. The largest absolute Gasteiger partial charge is 0.478 e. The Balaban J connectivity index is 2.39.